The third kappa shape index (κ3) is 5.10. The summed E-state index contributed by atoms with van der Waals surface area (Å²) in [7, 11) is 0. The topological polar surface area (TPSA) is 95.8 Å². The van der Waals surface area contributed by atoms with Crippen molar-refractivity contribution in [2.24, 2.45) is 0 Å². The van der Waals surface area contributed by atoms with E-state index in [4.69, 9.17) is 11.6 Å². The van der Waals surface area contributed by atoms with E-state index in [0.717, 1.165) is 0 Å². The van der Waals surface area contributed by atoms with Crippen LogP contribution in [0.15, 0.2) is 48.5 Å². The molecule has 1 saturated heterocycles. The molecule has 1 heterocycles. The summed E-state index contributed by atoms with van der Waals surface area (Å²) in [5, 5.41) is 14.2. The number of nitro groups is 1. The number of hydrogen-bond donors (Lipinski definition) is 1. The molecule has 1 aliphatic rings. The average Bonchev–Trinajstić information content (AvgIpc) is 2.73. The number of halogens is 1. The van der Waals surface area contributed by atoms with Crippen LogP contribution in [0.5, 0.6) is 0 Å². The van der Waals surface area contributed by atoms with Gasteiger partial charge in [0.1, 0.15) is 0 Å². The number of amides is 2. The van der Waals surface area contributed by atoms with Crippen LogP contribution in [-0.2, 0) is 4.79 Å². The van der Waals surface area contributed by atoms with Gasteiger partial charge in [-0.2, -0.15) is 0 Å². The molecule has 0 saturated carbocycles. The van der Waals surface area contributed by atoms with Crippen molar-refractivity contribution in [3.8, 4) is 0 Å². The molecule has 3 rings (SSSR count). The minimum absolute atomic E-state index is 0.0602. The van der Waals surface area contributed by atoms with Gasteiger partial charge in [-0.25, -0.2) is 0 Å². The van der Waals surface area contributed by atoms with Gasteiger partial charge in [0.15, 0.2) is 0 Å². The number of non-ortho nitro benzene ring substituents is 1. The Labute approximate surface area is 173 Å². The Balaban J connectivity index is 1.55. The maximum atomic E-state index is 12.6. The Hall–Kier alpha value is -2.97. The van der Waals surface area contributed by atoms with Crippen molar-refractivity contribution in [3.63, 3.8) is 0 Å². The van der Waals surface area contributed by atoms with Crippen molar-refractivity contribution in [2.75, 3.05) is 31.5 Å². The largest absolute Gasteiger partial charge is 0.336 e. The number of piperazine rings is 1. The predicted octanol–water partition coefficient (Wildman–Crippen LogP) is 3.03. The van der Waals surface area contributed by atoms with Gasteiger partial charge in [-0.15, -0.1) is 0 Å². The highest BCUT2D eigenvalue weighted by Crippen LogP contribution is 2.18. The van der Waals surface area contributed by atoms with Crippen LogP contribution in [0.25, 0.3) is 0 Å². The average molecular weight is 417 g/mol. The second-order valence-corrected chi connectivity index (χ2v) is 7.24. The van der Waals surface area contributed by atoms with Crippen molar-refractivity contribution in [3.05, 3.63) is 69.2 Å². The number of hydrogen-bond acceptors (Lipinski definition) is 5. The van der Waals surface area contributed by atoms with Gasteiger partial charge in [0.2, 0.25) is 5.91 Å². The zero-order valence-corrected chi connectivity index (χ0v) is 16.6. The molecule has 2 aromatic carbocycles. The molecule has 2 amide bonds. The predicted molar refractivity (Wildman–Crippen MR) is 110 cm³/mol. The quantitative estimate of drug-likeness (QED) is 0.597. The van der Waals surface area contributed by atoms with Gasteiger partial charge in [0.05, 0.1) is 11.0 Å². The van der Waals surface area contributed by atoms with Crippen LogP contribution in [0.4, 0.5) is 11.4 Å². The number of benzene rings is 2. The van der Waals surface area contributed by atoms with Gasteiger partial charge in [-0.3, -0.25) is 24.6 Å². The number of nitrogens with zero attached hydrogens (tertiary/aromatic N) is 3. The Bertz CT molecular complexity index is 911. The van der Waals surface area contributed by atoms with Gasteiger partial charge in [0, 0.05) is 54.6 Å². The molecule has 1 fully saturated rings. The lowest BCUT2D eigenvalue weighted by molar-refractivity contribution is -0.384. The Morgan fingerprint density at radius 1 is 1.10 bits per heavy atom. The molecule has 9 heteroatoms. The first kappa shape index (κ1) is 20.8. The van der Waals surface area contributed by atoms with Crippen molar-refractivity contribution >= 4 is 34.8 Å². The van der Waals surface area contributed by atoms with Crippen LogP contribution >= 0.6 is 11.6 Å². The summed E-state index contributed by atoms with van der Waals surface area (Å²) in [5.41, 5.74) is 0.886. The monoisotopic (exact) mass is 416 g/mol. The molecule has 0 aromatic heterocycles. The fourth-order valence-corrected chi connectivity index (χ4v) is 3.32. The van der Waals surface area contributed by atoms with Crippen LogP contribution in [0.3, 0.4) is 0 Å². The Morgan fingerprint density at radius 3 is 2.38 bits per heavy atom. The highest BCUT2D eigenvalue weighted by Gasteiger charge is 2.28. The number of anilines is 1. The van der Waals surface area contributed by atoms with Crippen LogP contribution < -0.4 is 5.32 Å². The first-order valence-corrected chi connectivity index (χ1v) is 9.57. The molecule has 0 bridgehead atoms. The first-order valence-electron chi connectivity index (χ1n) is 9.19. The van der Waals surface area contributed by atoms with E-state index in [-0.39, 0.29) is 17.5 Å². The summed E-state index contributed by atoms with van der Waals surface area (Å²) in [6, 6.07) is 12.2. The molecular formula is C20H21ClN4O4. The number of nitro benzene ring substituents is 1. The molecule has 0 radical (unpaired) electrons. The fourth-order valence-electron chi connectivity index (χ4n) is 3.20. The minimum Gasteiger partial charge on any atom is -0.336 e. The van der Waals surface area contributed by atoms with Gasteiger partial charge in [-0.1, -0.05) is 17.7 Å². The second kappa shape index (κ2) is 9.02. The van der Waals surface area contributed by atoms with Crippen LogP contribution in [0.2, 0.25) is 5.02 Å². The molecule has 8 nitrogen and oxygen atoms in total. The molecule has 152 valence electrons. The van der Waals surface area contributed by atoms with E-state index < -0.39 is 11.0 Å². The van der Waals surface area contributed by atoms with E-state index in [1.165, 1.54) is 18.2 Å². The van der Waals surface area contributed by atoms with Gasteiger partial charge in [0.25, 0.3) is 11.6 Å². The SMILES string of the molecule is CC(C(=O)Nc1cccc([N+](=O)[O-])c1)N1CCN(C(=O)c2ccc(Cl)cc2)CC1. The molecule has 0 aliphatic carbocycles. The molecule has 1 aliphatic heterocycles. The summed E-state index contributed by atoms with van der Waals surface area (Å²) in [5.74, 6) is -0.307. The Morgan fingerprint density at radius 2 is 1.76 bits per heavy atom. The van der Waals surface area contributed by atoms with Crippen molar-refractivity contribution < 1.29 is 14.5 Å². The van der Waals surface area contributed by atoms with Crippen molar-refractivity contribution in [2.45, 2.75) is 13.0 Å². The van der Waals surface area contributed by atoms with E-state index in [1.807, 2.05) is 4.90 Å². The lowest BCUT2D eigenvalue weighted by atomic mass is 10.1. The van der Waals surface area contributed by atoms with E-state index in [2.05, 4.69) is 5.32 Å². The van der Waals surface area contributed by atoms with Gasteiger partial charge >= 0.3 is 0 Å². The maximum absolute atomic E-state index is 12.6. The molecule has 1 atom stereocenters. The highest BCUT2D eigenvalue weighted by molar-refractivity contribution is 6.30. The third-order valence-electron chi connectivity index (χ3n) is 4.94. The van der Waals surface area contributed by atoms with Crippen LogP contribution in [-0.4, -0.2) is 58.8 Å². The summed E-state index contributed by atoms with van der Waals surface area (Å²) in [6.45, 7) is 3.92. The summed E-state index contributed by atoms with van der Waals surface area (Å²) < 4.78 is 0. The van der Waals surface area contributed by atoms with E-state index in [9.17, 15) is 19.7 Å². The molecular weight excluding hydrogens is 396 g/mol. The summed E-state index contributed by atoms with van der Waals surface area (Å²) >= 11 is 5.87. The van der Waals surface area contributed by atoms with Crippen molar-refractivity contribution in [1.29, 1.82) is 0 Å². The third-order valence-corrected chi connectivity index (χ3v) is 5.20. The highest BCUT2D eigenvalue weighted by atomic mass is 35.5. The van der Waals surface area contributed by atoms with Gasteiger partial charge < -0.3 is 10.2 Å². The number of carbonyl (C=O) groups excluding carboxylic acids is 2. The molecule has 0 spiro atoms. The lowest BCUT2D eigenvalue weighted by Gasteiger charge is -2.37. The number of carbonyl (C=O) groups is 2. The van der Waals surface area contributed by atoms with E-state index in [0.29, 0.717) is 42.5 Å². The molecule has 1 N–H and O–H groups in total. The second-order valence-electron chi connectivity index (χ2n) is 6.81. The fraction of sp³-hybridized carbons (Fsp3) is 0.300. The maximum Gasteiger partial charge on any atom is 0.271 e. The molecule has 29 heavy (non-hydrogen) atoms. The molecule has 2 aromatic rings. The Kier molecular flexibility index (Phi) is 6.46. The van der Waals surface area contributed by atoms with E-state index >= 15 is 0 Å². The van der Waals surface area contributed by atoms with Crippen LogP contribution in [0.1, 0.15) is 17.3 Å². The standard InChI is InChI=1S/C20H21ClN4O4/c1-14(19(26)22-17-3-2-4-18(13-17)25(28)29)23-9-11-24(12-10-23)20(27)15-5-7-16(21)8-6-15/h2-8,13-14H,9-12H2,1H3,(H,22,26). The van der Waals surface area contributed by atoms with Gasteiger partial charge in [-0.05, 0) is 37.3 Å². The molecule has 1 unspecified atom stereocenters. The lowest BCUT2D eigenvalue weighted by Crippen LogP contribution is -2.54. The number of rotatable bonds is 5. The minimum atomic E-state index is -0.504. The van der Waals surface area contributed by atoms with Crippen molar-refractivity contribution in [1.82, 2.24) is 9.80 Å². The zero-order chi connectivity index (χ0) is 21.0. The smallest absolute Gasteiger partial charge is 0.271 e. The zero-order valence-electron chi connectivity index (χ0n) is 15.9. The normalized spacial score (nSPS) is 15.6. The first-order chi connectivity index (χ1) is 13.8. The number of nitrogens with one attached hydrogen (secondary N) is 1. The summed E-state index contributed by atoms with van der Waals surface area (Å²) in [4.78, 5) is 39.2. The van der Waals surface area contributed by atoms with Crippen LogP contribution in [0, 0.1) is 10.1 Å². The van der Waals surface area contributed by atoms with E-state index in [1.54, 1.807) is 42.2 Å². The summed E-state index contributed by atoms with van der Waals surface area (Å²) in [6.07, 6.45) is 0.